The second-order valence-corrected chi connectivity index (χ2v) is 6.47. The minimum absolute atomic E-state index is 0.528. The molecule has 118 valence electrons. The van der Waals surface area contributed by atoms with Crippen molar-refractivity contribution < 1.29 is 4.74 Å². The number of methoxy groups -OCH3 is 1. The van der Waals surface area contributed by atoms with Gasteiger partial charge < -0.3 is 19.9 Å². The van der Waals surface area contributed by atoms with Crippen LogP contribution in [0.2, 0.25) is 0 Å². The molecule has 2 rings (SSSR count). The van der Waals surface area contributed by atoms with Crippen LogP contribution in [0, 0.1) is 0 Å². The van der Waals surface area contributed by atoms with Crippen molar-refractivity contribution in [2.24, 2.45) is 0 Å². The third-order valence-electron chi connectivity index (χ3n) is 4.33. The van der Waals surface area contributed by atoms with Crippen molar-refractivity contribution in [3.8, 4) is 5.75 Å². The van der Waals surface area contributed by atoms with Gasteiger partial charge in [-0.3, -0.25) is 0 Å². The highest BCUT2D eigenvalue weighted by Crippen LogP contribution is 2.29. The van der Waals surface area contributed by atoms with E-state index in [0.29, 0.717) is 12.1 Å². The molecule has 1 saturated heterocycles. The Kier molecular flexibility index (Phi) is 5.48. The van der Waals surface area contributed by atoms with Crippen molar-refractivity contribution in [2.45, 2.75) is 38.4 Å². The van der Waals surface area contributed by atoms with Crippen LogP contribution < -0.4 is 10.1 Å². The van der Waals surface area contributed by atoms with Crippen LogP contribution in [0.4, 0.5) is 5.69 Å². The lowest BCUT2D eigenvalue weighted by Gasteiger charge is -2.36. The summed E-state index contributed by atoms with van der Waals surface area (Å²) in [6, 6.07) is 7.59. The van der Waals surface area contributed by atoms with E-state index in [1.165, 1.54) is 18.4 Å². The predicted molar refractivity (Wildman–Crippen MR) is 89.1 cm³/mol. The van der Waals surface area contributed by atoms with Gasteiger partial charge in [-0.25, -0.2) is 0 Å². The number of nitrogens with one attached hydrogen (secondary N) is 1. The average Bonchev–Trinajstić information content (AvgIpc) is 2.43. The molecule has 1 aliphatic rings. The van der Waals surface area contributed by atoms with E-state index < -0.39 is 0 Å². The van der Waals surface area contributed by atoms with Crippen molar-refractivity contribution in [2.75, 3.05) is 40.1 Å². The molecular formula is C17H29N3O. The van der Waals surface area contributed by atoms with E-state index in [-0.39, 0.29) is 0 Å². The van der Waals surface area contributed by atoms with Crippen molar-refractivity contribution in [1.29, 1.82) is 0 Å². The molecule has 4 nitrogen and oxygen atoms in total. The number of ether oxygens (including phenoxy) is 1. The zero-order valence-electron chi connectivity index (χ0n) is 14.0. The second-order valence-electron chi connectivity index (χ2n) is 6.47. The first kappa shape index (κ1) is 16.1. The highest BCUT2D eigenvalue weighted by Gasteiger charge is 2.23. The average molecular weight is 291 g/mol. The topological polar surface area (TPSA) is 27.7 Å². The molecule has 1 fully saturated rings. The fourth-order valence-electron chi connectivity index (χ4n) is 2.97. The van der Waals surface area contributed by atoms with Crippen molar-refractivity contribution in [3.05, 3.63) is 23.8 Å². The van der Waals surface area contributed by atoms with Crippen LogP contribution in [0.1, 0.15) is 25.3 Å². The molecular weight excluding hydrogens is 262 g/mol. The number of benzene rings is 1. The molecule has 1 aromatic rings. The number of hydrogen-bond acceptors (Lipinski definition) is 4. The van der Waals surface area contributed by atoms with Gasteiger partial charge in [0.25, 0.3) is 0 Å². The van der Waals surface area contributed by atoms with Gasteiger partial charge >= 0.3 is 0 Å². The van der Waals surface area contributed by atoms with Gasteiger partial charge in [0.1, 0.15) is 5.75 Å². The van der Waals surface area contributed by atoms with Crippen LogP contribution in [-0.2, 0) is 6.54 Å². The maximum Gasteiger partial charge on any atom is 0.141 e. The molecule has 1 heterocycles. The molecule has 21 heavy (non-hydrogen) atoms. The molecule has 1 aromatic carbocycles. The maximum absolute atomic E-state index is 5.51. The summed E-state index contributed by atoms with van der Waals surface area (Å²) in [5.41, 5.74) is 2.43. The Bertz CT molecular complexity index is 461. The molecule has 0 spiro atoms. The summed E-state index contributed by atoms with van der Waals surface area (Å²) >= 11 is 0. The highest BCUT2D eigenvalue weighted by atomic mass is 16.5. The van der Waals surface area contributed by atoms with Gasteiger partial charge in [-0.1, -0.05) is 6.07 Å². The Hall–Kier alpha value is -1.26. The number of piperidine rings is 1. The largest absolute Gasteiger partial charge is 0.495 e. The Morgan fingerprint density at radius 3 is 2.76 bits per heavy atom. The lowest BCUT2D eigenvalue weighted by molar-refractivity contribution is 0.190. The molecule has 0 radical (unpaired) electrons. The smallest absolute Gasteiger partial charge is 0.141 e. The zero-order valence-corrected chi connectivity index (χ0v) is 14.0. The SMILES string of the molecule is COc1ccc(CN(C)C)cc1NC1CCN(C)C(C)C1. The summed E-state index contributed by atoms with van der Waals surface area (Å²) in [5, 5.41) is 3.69. The monoisotopic (exact) mass is 291 g/mol. The number of nitrogens with zero attached hydrogens (tertiary/aromatic N) is 2. The summed E-state index contributed by atoms with van der Waals surface area (Å²) in [7, 11) is 8.13. The van der Waals surface area contributed by atoms with Crippen LogP contribution in [0.5, 0.6) is 5.75 Å². The molecule has 0 bridgehead atoms. The number of anilines is 1. The van der Waals surface area contributed by atoms with E-state index in [1.807, 2.05) is 0 Å². The van der Waals surface area contributed by atoms with E-state index in [4.69, 9.17) is 4.74 Å². The van der Waals surface area contributed by atoms with E-state index in [0.717, 1.165) is 24.5 Å². The molecule has 2 unspecified atom stereocenters. The fraction of sp³-hybridized carbons (Fsp3) is 0.647. The van der Waals surface area contributed by atoms with Crippen LogP contribution in [-0.4, -0.2) is 56.7 Å². The predicted octanol–water partition coefficient (Wildman–Crippen LogP) is 2.65. The van der Waals surface area contributed by atoms with E-state index >= 15 is 0 Å². The van der Waals surface area contributed by atoms with Crippen molar-refractivity contribution in [1.82, 2.24) is 9.80 Å². The van der Waals surface area contributed by atoms with Crippen LogP contribution in [0.25, 0.3) is 0 Å². The van der Waals surface area contributed by atoms with Gasteiger partial charge in [-0.05, 0) is 58.6 Å². The van der Waals surface area contributed by atoms with Gasteiger partial charge in [-0.2, -0.15) is 0 Å². The number of rotatable bonds is 5. The summed E-state index contributed by atoms with van der Waals surface area (Å²) in [6.45, 7) is 4.40. The first-order valence-electron chi connectivity index (χ1n) is 7.78. The standard InChI is InChI=1S/C17H29N3O/c1-13-10-15(8-9-20(13)4)18-16-11-14(12-19(2)3)6-7-17(16)21-5/h6-7,11,13,15,18H,8-10,12H2,1-5H3. The van der Waals surface area contributed by atoms with Gasteiger partial charge in [-0.15, -0.1) is 0 Å². The van der Waals surface area contributed by atoms with Gasteiger partial charge in [0.05, 0.1) is 12.8 Å². The Balaban J connectivity index is 2.10. The zero-order chi connectivity index (χ0) is 15.4. The van der Waals surface area contributed by atoms with E-state index in [2.05, 4.69) is 61.4 Å². The third kappa shape index (κ3) is 4.35. The third-order valence-corrected chi connectivity index (χ3v) is 4.33. The first-order chi connectivity index (χ1) is 9.99. The van der Waals surface area contributed by atoms with Crippen LogP contribution in [0.3, 0.4) is 0 Å². The molecule has 0 saturated carbocycles. The highest BCUT2D eigenvalue weighted by molar-refractivity contribution is 5.58. The van der Waals surface area contributed by atoms with Crippen molar-refractivity contribution >= 4 is 5.69 Å². The minimum atomic E-state index is 0.528. The second kappa shape index (κ2) is 7.14. The van der Waals surface area contributed by atoms with Gasteiger partial charge in [0.15, 0.2) is 0 Å². The van der Waals surface area contributed by atoms with Crippen LogP contribution in [0.15, 0.2) is 18.2 Å². The molecule has 0 aromatic heterocycles. The van der Waals surface area contributed by atoms with Crippen LogP contribution >= 0.6 is 0 Å². The summed E-state index contributed by atoms with van der Waals surface area (Å²) in [5.74, 6) is 0.934. The van der Waals surface area contributed by atoms with E-state index in [1.54, 1.807) is 7.11 Å². The summed E-state index contributed by atoms with van der Waals surface area (Å²) in [4.78, 5) is 4.61. The molecule has 0 aliphatic carbocycles. The molecule has 1 N–H and O–H groups in total. The lowest BCUT2D eigenvalue weighted by atomic mass is 9.98. The first-order valence-corrected chi connectivity index (χ1v) is 7.78. The van der Waals surface area contributed by atoms with E-state index in [9.17, 15) is 0 Å². The summed E-state index contributed by atoms with van der Waals surface area (Å²) < 4.78 is 5.51. The molecule has 4 heteroatoms. The lowest BCUT2D eigenvalue weighted by Crippen LogP contribution is -2.42. The minimum Gasteiger partial charge on any atom is -0.495 e. The number of hydrogen-bond donors (Lipinski definition) is 1. The maximum atomic E-state index is 5.51. The van der Waals surface area contributed by atoms with Gasteiger partial charge in [0, 0.05) is 25.2 Å². The Morgan fingerprint density at radius 1 is 1.38 bits per heavy atom. The Labute approximate surface area is 129 Å². The number of likely N-dealkylation sites (tertiary alicyclic amines) is 1. The van der Waals surface area contributed by atoms with Gasteiger partial charge in [0.2, 0.25) is 0 Å². The molecule has 2 atom stereocenters. The molecule has 0 amide bonds. The quantitative estimate of drug-likeness (QED) is 0.902. The Morgan fingerprint density at radius 2 is 2.14 bits per heavy atom. The normalized spacial score (nSPS) is 23.3. The molecule has 1 aliphatic heterocycles. The van der Waals surface area contributed by atoms with Crippen molar-refractivity contribution in [3.63, 3.8) is 0 Å². The fourth-order valence-corrected chi connectivity index (χ4v) is 2.97. The summed E-state index contributed by atoms with van der Waals surface area (Å²) in [6.07, 6.45) is 2.36.